The Morgan fingerprint density at radius 3 is 2.47 bits per heavy atom. The maximum absolute atomic E-state index is 10.9. The van der Waals surface area contributed by atoms with Crippen molar-refractivity contribution in [1.82, 2.24) is 0 Å². The molecular formula is C16H24O. The summed E-state index contributed by atoms with van der Waals surface area (Å²) in [6.07, 6.45) is 5.44. The second-order valence-corrected chi connectivity index (χ2v) is 5.63. The van der Waals surface area contributed by atoms with E-state index in [1.54, 1.807) is 0 Å². The molecule has 1 N–H and O–H groups in total. The largest absolute Gasteiger partial charge is 0.385 e. The fourth-order valence-corrected chi connectivity index (χ4v) is 3.09. The molecule has 17 heavy (non-hydrogen) atoms. The lowest BCUT2D eigenvalue weighted by Crippen LogP contribution is -2.32. The molecule has 1 nitrogen and oxygen atoms in total. The third-order valence-corrected chi connectivity index (χ3v) is 4.62. The molecule has 0 unspecified atom stereocenters. The van der Waals surface area contributed by atoms with Crippen LogP contribution < -0.4 is 0 Å². The molecule has 2 rings (SSSR count). The molecule has 0 bridgehead atoms. The first-order valence-corrected chi connectivity index (χ1v) is 6.86. The van der Waals surface area contributed by atoms with Crippen molar-refractivity contribution in [2.75, 3.05) is 0 Å². The molecule has 1 fully saturated rings. The van der Waals surface area contributed by atoms with Gasteiger partial charge in [0.2, 0.25) is 0 Å². The molecule has 0 radical (unpaired) electrons. The summed E-state index contributed by atoms with van der Waals surface area (Å²) < 4.78 is 0. The number of rotatable bonds is 2. The zero-order chi connectivity index (χ0) is 12.5. The Balaban J connectivity index is 2.24. The molecule has 1 aliphatic carbocycles. The second-order valence-electron chi connectivity index (χ2n) is 5.63. The van der Waals surface area contributed by atoms with Gasteiger partial charge in [-0.05, 0) is 62.1 Å². The van der Waals surface area contributed by atoms with Gasteiger partial charge >= 0.3 is 0 Å². The molecule has 1 heteroatoms. The van der Waals surface area contributed by atoms with Crippen LogP contribution in [0.15, 0.2) is 18.2 Å². The molecule has 1 aromatic carbocycles. The molecule has 1 saturated carbocycles. The predicted molar refractivity (Wildman–Crippen MR) is 72.1 cm³/mol. The third-order valence-electron chi connectivity index (χ3n) is 4.62. The lowest BCUT2D eigenvalue weighted by molar-refractivity contribution is -0.0151. The third kappa shape index (κ3) is 2.40. The number of hydrogen-bond acceptors (Lipinski definition) is 1. The van der Waals surface area contributed by atoms with Crippen molar-refractivity contribution in [3.8, 4) is 0 Å². The van der Waals surface area contributed by atoms with E-state index >= 15 is 0 Å². The first-order chi connectivity index (χ1) is 8.07. The van der Waals surface area contributed by atoms with Gasteiger partial charge in [-0.3, -0.25) is 0 Å². The summed E-state index contributed by atoms with van der Waals surface area (Å²) in [4.78, 5) is 0. The van der Waals surface area contributed by atoms with Gasteiger partial charge in [0.15, 0.2) is 0 Å². The molecule has 0 spiro atoms. The van der Waals surface area contributed by atoms with Crippen molar-refractivity contribution in [3.05, 3.63) is 34.9 Å². The van der Waals surface area contributed by atoms with Crippen LogP contribution in [0.2, 0.25) is 0 Å². The summed E-state index contributed by atoms with van der Waals surface area (Å²) in [5.41, 5.74) is 3.15. The highest BCUT2D eigenvalue weighted by atomic mass is 16.3. The Hall–Kier alpha value is -0.820. The molecule has 0 amide bonds. The summed E-state index contributed by atoms with van der Waals surface area (Å²) in [6, 6.07) is 6.30. The van der Waals surface area contributed by atoms with Gasteiger partial charge < -0.3 is 5.11 Å². The van der Waals surface area contributed by atoms with E-state index in [4.69, 9.17) is 0 Å². The van der Waals surface area contributed by atoms with E-state index in [0.29, 0.717) is 0 Å². The Morgan fingerprint density at radius 1 is 1.24 bits per heavy atom. The van der Waals surface area contributed by atoms with Gasteiger partial charge in [0, 0.05) is 0 Å². The van der Waals surface area contributed by atoms with Crippen LogP contribution in [-0.4, -0.2) is 5.11 Å². The van der Waals surface area contributed by atoms with Crippen molar-refractivity contribution < 1.29 is 5.11 Å². The van der Waals surface area contributed by atoms with E-state index in [9.17, 15) is 5.11 Å². The van der Waals surface area contributed by atoms with E-state index in [1.165, 1.54) is 30.4 Å². The van der Waals surface area contributed by atoms with Gasteiger partial charge in [-0.15, -0.1) is 0 Å². The van der Waals surface area contributed by atoms with Gasteiger partial charge in [0.1, 0.15) is 0 Å². The minimum absolute atomic E-state index is 0.568. The van der Waals surface area contributed by atoms with E-state index in [2.05, 4.69) is 39.0 Å². The lowest BCUT2D eigenvalue weighted by Gasteiger charge is -2.37. The normalized spacial score (nSPS) is 29.3. The van der Waals surface area contributed by atoms with Gasteiger partial charge in [-0.25, -0.2) is 0 Å². The first kappa shape index (κ1) is 12.6. The van der Waals surface area contributed by atoms with Gasteiger partial charge in [0.25, 0.3) is 0 Å². The van der Waals surface area contributed by atoms with Crippen molar-refractivity contribution in [1.29, 1.82) is 0 Å². The molecule has 1 aliphatic rings. The van der Waals surface area contributed by atoms with Crippen LogP contribution in [0.1, 0.15) is 55.7 Å². The van der Waals surface area contributed by atoms with Crippen molar-refractivity contribution in [2.24, 2.45) is 5.92 Å². The summed E-state index contributed by atoms with van der Waals surface area (Å²) >= 11 is 0. The Bertz CT molecular complexity index is 387. The summed E-state index contributed by atoms with van der Waals surface area (Å²) in [5, 5.41) is 10.9. The van der Waals surface area contributed by atoms with Crippen LogP contribution in [0.3, 0.4) is 0 Å². The fourth-order valence-electron chi connectivity index (χ4n) is 3.09. The van der Waals surface area contributed by atoms with Crippen LogP contribution in [0, 0.1) is 19.8 Å². The molecule has 0 saturated heterocycles. The molecule has 94 valence electrons. The average Bonchev–Trinajstić information content (AvgIpc) is 2.33. The van der Waals surface area contributed by atoms with E-state index in [-0.39, 0.29) is 0 Å². The van der Waals surface area contributed by atoms with Crippen molar-refractivity contribution >= 4 is 0 Å². The van der Waals surface area contributed by atoms with Crippen LogP contribution in [0.25, 0.3) is 0 Å². The topological polar surface area (TPSA) is 20.2 Å². The standard InChI is InChI=1S/C16H24O/c1-4-14-8-10-16(17,11-9-14)15-7-5-6-12(2)13(15)3/h5-7,14,17H,4,8-11H2,1-3H3. The minimum Gasteiger partial charge on any atom is -0.385 e. The summed E-state index contributed by atoms with van der Waals surface area (Å²) in [7, 11) is 0. The molecular weight excluding hydrogens is 208 g/mol. The lowest BCUT2D eigenvalue weighted by atomic mass is 9.73. The van der Waals surface area contributed by atoms with Gasteiger partial charge in [-0.2, -0.15) is 0 Å². The van der Waals surface area contributed by atoms with Crippen molar-refractivity contribution in [2.45, 2.75) is 58.5 Å². The van der Waals surface area contributed by atoms with Gasteiger partial charge in [-0.1, -0.05) is 31.5 Å². The fraction of sp³-hybridized carbons (Fsp3) is 0.625. The predicted octanol–water partition coefficient (Wildman–Crippen LogP) is 4.09. The second kappa shape index (κ2) is 4.81. The molecule has 1 aromatic rings. The number of aryl methyl sites for hydroxylation is 1. The zero-order valence-corrected chi connectivity index (χ0v) is 11.3. The summed E-state index contributed by atoms with van der Waals surface area (Å²) in [6.45, 7) is 6.52. The highest BCUT2D eigenvalue weighted by molar-refractivity contribution is 5.37. The Kier molecular flexibility index (Phi) is 3.58. The SMILES string of the molecule is CCC1CCC(O)(c2cccc(C)c2C)CC1. The molecule has 0 heterocycles. The molecule has 0 aliphatic heterocycles. The minimum atomic E-state index is -0.568. The van der Waals surface area contributed by atoms with Crippen LogP contribution in [0.4, 0.5) is 0 Å². The zero-order valence-electron chi connectivity index (χ0n) is 11.3. The number of hydrogen-bond donors (Lipinski definition) is 1. The van der Waals surface area contributed by atoms with Crippen LogP contribution >= 0.6 is 0 Å². The van der Waals surface area contributed by atoms with E-state index in [1.807, 2.05) is 0 Å². The molecule has 0 atom stereocenters. The Labute approximate surface area is 105 Å². The van der Waals surface area contributed by atoms with Crippen LogP contribution in [0.5, 0.6) is 0 Å². The quantitative estimate of drug-likeness (QED) is 0.814. The monoisotopic (exact) mass is 232 g/mol. The number of benzene rings is 1. The maximum atomic E-state index is 10.9. The van der Waals surface area contributed by atoms with E-state index in [0.717, 1.165) is 24.3 Å². The highest BCUT2D eigenvalue weighted by Crippen LogP contribution is 2.41. The smallest absolute Gasteiger partial charge is 0.0899 e. The Morgan fingerprint density at radius 2 is 1.88 bits per heavy atom. The highest BCUT2D eigenvalue weighted by Gasteiger charge is 2.35. The van der Waals surface area contributed by atoms with Crippen molar-refractivity contribution in [3.63, 3.8) is 0 Å². The summed E-state index contributed by atoms with van der Waals surface area (Å²) in [5.74, 6) is 0.820. The van der Waals surface area contributed by atoms with E-state index < -0.39 is 5.60 Å². The average molecular weight is 232 g/mol. The maximum Gasteiger partial charge on any atom is 0.0899 e. The number of aliphatic hydroxyl groups is 1. The first-order valence-electron chi connectivity index (χ1n) is 6.86. The van der Waals surface area contributed by atoms with Gasteiger partial charge in [0.05, 0.1) is 5.60 Å². The molecule has 0 aromatic heterocycles. The van der Waals surface area contributed by atoms with Crippen LogP contribution in [-0.2, 0) is 5.60 Å².